The van der Waals surface area contributed by atoms with Crippen LogP contribution in [0.3, 0.4) is 0 Å². The SMILES string of the molecule is Cc1ccc(S(=O)(=O)N2C=CC=Cc3ccccc32)cc1. The van der Waals surface area contributed by atoms with Crippen LogP contribution in [0.25, 0.3) is 6.08 Å². The highest BCUT2D eigenvalue weighted by Gasteiger charge is 2.24. The van der Waals surface area contributed by atoms with E-state index < -0.39 is 10.0 Å². The summed E-state index contributed by atoms with van der Waals surface area (Å²) in [6.07, 6.45) is 7.04. The molecule has 3 nitrogen and oxygen atoms in total. The number of para-hydroxylation sites is 1. The molecule has 1 aliphatic heterocycles. The molecular formula is C17H15NO2S. The highest BCUT2D eigenvalue weighted by atomic mass is 32.2. The lowest BCUT2D eigenvalue weighted by Crippen LogP contribution is -2.25. The van der Waals surface area contributed by atoms with Gasteiger partial charge in [-0.15, -0.1) is 0 Å². The molecule has 0 bridgehead atoms. The lowest BCUT2D eigenvalue weighted by Gasteiger charge is -2.21. The first-order valence-corrected chi connectivity index (χ1v) is 8.08. The number of aryl methyl sites for hydroxylation is 1. The first-order valence-electron chi connectivity index (χ1n) is 6.64. The van der Waals surface area contributed by atoms with Gasteiger partial charge < -0.3 is 0 Å². The van der Waals surface area contributed by atoms with Crippen LogP contribution in [0.15, 0.2) is 71.8 Å². The van der Waals surface area contributed by atoms with Gasteiger partial charge in [0.15, 0.2) is 0 Å². The lowest BCUT2D eigenvalue weighted by atomic mass is 10.2. The van der Waals surface area contributed by atoms with E-state index in [2.05, 4.69) is 0 Å². The summed E-state index contributed by atoms with van der Waals surface area (Å²) in [6.45, 7) is 1.93. The Morgan fingerprint density at radius 1 is 0.905 bits per heavy atom. The third-order valence-corrected chi connectivity index (χ3v) is 5.06. The topological polar surface area (TPSA) is 37.4 Å². The van der Waals surface area contributed by atoms with Crippen LogP contribution >= 0.6 is 0 Å². The van der Waals surface area contributed by atoms with Crippen molar-refractivity contribution in [3.05, 3.63) is 78.0 Å². The number of hydrogen-bond acceptors (Lipinski definition) is 2. The van der Waals surface area contributed by atoms with Crippen molar-refractivity contribution in [3.8, 4) is 0 Å². The van der Waals surface area contributed by atoms with Crippen LogP contribution in [0.2, 0.25) is 0 Å². The molecule has 0 aromatic heterocycles. The molecule has 2 aromatic rings. The Morgan fingerprint density at radius 3 is 2.38 bits per heavy atom. The highest BCUT2D eigenvalue weighted by molar-refractivity contribution is 7.93. The fourth-order valence-corrected chi connectivity index (χ4v) is 3.59. The Kier molecular flexibility index (Phi) is 3.39. The van der Waals surface area contributed by atoms with Crippen molar-refractivity contribution in [2.24, 2.45) is 0 Å². The molecule has 0 saturated heterocycles. The highest BCUT2D eigenvalue weighted by Crippen LogP contribution is 2.30. The Labute approximate surface area is 124 Å². The number of sulfonamides is 1. The third-order valence-electron chi connectivity index (χ3n) is 3.36. The summed E-state index contributed by atoms with van der Waals surface area (Å²) in [4.78, 5) is 0.287. The van der Waals surface area contributed by atoms with Crippen LogP contribution in [-0.2, 0) is 10.0 Å². The largest absolute Gasteiger partial charge is 0.268 e. The molecule has 0 fully saturated rings. The van der Waals surface area contributed by atoms with E-state index in [1.165, 1.54) is 4.31 Å². The maximum absolute atomic E-state index is 12.9. The predicted molar refractivity (Wildman–Crippen MR) is 85.5 cm³/mol. The zero-order chi connectivity index (χ0) is 14.9. The van der Waals surface area contributed by atoms with Gasteiger partial charge in [-0.1, -0.05) is 48.0 Å². The van der Waals surface area contributed by atoms with Crippen molar-refractivity contribution >= 4 is 21.8 Å². The fraction of sp³-hybridized carbons (Fsp3) is 0.0588. The van der Waals surface area contributed by atoms with Gasteiger partial charge in [0.2, 0.25) is 0 Å². The Balaban J connectivity index is 2.14. The van der Waals surface area contributed by atoms with Gasteiger partial charge in [0, 0.05) is 6.20 Å². The number of allylic oxidation sites excluding steroid dienone is 2. The third kappa shape index (κ3) is 2.50. The van der Waals surface area contributed by atoms with Crippen LogP contribution in [0.5, 0.6) is 0 Å². The molecule has 21 heavy (non-hydrogen) atoms. The molecule has 0 aliphatic carbocycles. The van der Waals surface area contributed by atoms with Gasteiger partial charge in [-0.05, 0) is 36.8 Å². The van der Waals surface area contributed by atoms with Crippen LogP contribution in [0.4, 0.5) is 5.69 Å². The monoisotopic (exact) mass is 297 g/mol. The molecule has 106 valence electrons. The molecule has 0 radical (unpaired) electrons. The molecule has 0 atom stereocenters. The van der Waals surface area contributed by atoms with E-state index in [1.807, 2.05) is 37.3 Å². The van der Waals surface area contributed by atoms with E-state index in [1.54, 1.807) is 42.6 Å². The first-order chi connectivity index (χ1) is 10.1. The van der Waals surface area contributed by atoms with Gasteiger partial charge in [0.05, 0.1) is 10.6 Å². The minimum Gasteiger partial charge on any atom is -0.241 e. The summed E-state index contributed by atoms with van der Waals surface area (Å²) in [5, 5.41) is 0. The average molecular weight is 297 g/mol. The Hall–Kier alpha value is -2.33. The number of rotatable bonds is 2. The molecule has 0 N–H and O–H groups in total. The second-order valence-corrected chi connectivity index (χ2v) is 6.69. The van der Waals surface area contributed by atoms with E-state index in [4.69, 9.17) is 0 Å². The van der Waals surface area contributed by atoms with Crippen molar-refractivity contribution < 1.29 is 8.42 Å². The van der Waals surface area contributed by atoms with Crippen molar-refractivity contribution in [2.75, 3.05) is 4.31 Å². The van der Waals surface area contributed by atoms with Gasteiger partial charge in [-0.3, -0.25) is 0 Å². The molecule has 2 aromatic carbocycles. The second-order valence-electron chi connectivity index (χ2n) is 4.87. The standard InChI is InChI=1S/C17H15NO2S/c1-14-9-11-16(12-10-14)21(19,20)18-13-5-4-7-15-6-2-3-8-17(15)18/h2-13H,1H3. The molecule has 1 heterocycles. The molecule has 4 heteroatoms. The summed E-state index contributed by atoms with van der Waals surface area (Å²) in [6, 6.07) is 14.3. The van der Waals surface area contributed by atoms with Gasteiger partial charge in [-0.25, -0.2) is 12.7 Å². The van der Waals surface area contributed by atoms with E-state index in [-0.39, 0.29) is 4.90 Å². The summed E-state index contributed by atoms with van der Waals surface area (Å²) in [7, 11) is -3.61. The molecule has 1 aliphatic rings. The normalized spacial score (nSPS) is 13.9. The van der Waals surface area contributed by atoms with Crippen LogP contribution < -0.4 is 4.31 Å². The van der Waals surface area contributed by atoms with Gasteiger partial charge in [-0.2, -0.15) is 0 Å². The van der Waals surface area contributed by atoms with E-state index in [0.717, 1.165) is 11.1 Å². The number of hydrogen-bond donors (Lipinski definition) is 0. The molecule has 0 spiro atoms. The zero-order valence-electron chi connectivity index (χ0n) is 11.6. The van der Waals surface area contributed by atoms with Crippen LogP contribution in [0.1, 0.15) is 11.1 Å². The molecule has 0 saturated carbocycles. The Morgan fingerprint density at radius 2 is 1.62 bits per heavy atom. The quantitative estimate of drug-likeness (QED) is 0.847. The summed E-state index contributed by atoms with van der Waals surface area (Å²) >= 11 is 0. The summed E-state index contributed by atoms with van der Waals surface area (Å²) < 4.78 is 27.0. The first kappa shape index (κ1) is 13.6. The van der Waals surface area contributed by atoms with Crippen LogP contribution in [0, 0.1) is 6.92 Å². The number of nitrogens with zero attached hydrogens (tertiary/aromatic N) is 1. The maximum Gasteiger partial charge on any atom is 0.268 e. The van der Waals surface area contributed by atoms with Crippen molar-refractivity contribution in [1.82, 2.24) is 0 Å². The van der Waals surface area contributed by atoms with E-state index >= 15 is 0 Å². The van der Waals surface area contributed by atoms with E-state index in [0.29, 0.717) is 5.69 Å². The minimum atomic E-state index is -3.61. The lowest BCUT2D eigenvalue weighted by molar-refractivity contribution is 0.596. The number of benzene rings is 2. The van der Waals surface area contributed by atoms with Crippen molar-refractivity contribution in [3.63, 3.8) is 0 Å². The number of fused-ring (bicyclic) bond motifs is 1. The smallest absolute Gasteiger partial charge is 0.241 e. The second kappa shape index (κ2) is 5.22. The molecular weight excluding hydrogens is 282 g/mol. The predicted octanol–water partition coefficient (Wildman–Crippen LogP) is 3.73. The Bertz CT molecular complexity index is 818. The molecule has 0 unspecified atom stereocenters. The number of anilines is 1. The van der Waals surface area contributed by atoms with Crippen molar-refractivity contribution in [1.29, 1.82) is 0 Å². The average Bonchev–Trinajstić information content (AvgIpc) is 2.70. The van der Waals surface area contributed by atoms with Gasteiger partial charge >= 0.3 is 0 Å². The maximum atomic E-state index is 12.9. The van der Waals surface area contributed by atoms with Gasteiger partial charge in [0.1, 0.15) is 0 Å². The zero-order valence-corrected chi connectivity index (χ0v) is 12.4. The van der Waals surface area contributed by atoms with Crippen molar-refractivity contribution in [2.45, 2.75) is 11.8 Å². The van der Waals surface area contributed by atoms with Gasteiger partial charge in [0.25, 0.3) is 10.0 Å². The summed E-state index contributed by atoms with van der Waals surface area (Å²) in [5.74, 6) is 0. The molecule has 0 amide bonds. The summed E-state index contributed by atoms with van der Waals surface area (Å²) in [5.41, 5.74) is 2.56. The van der Waals surface area contributed by atoms with Crippen LogP contribution in [-0.4, -0.2) is 8.42 Å². The van der Waals surface area contributed by atoms with E-state index in [9.17, 15) is 8.42 Å². The molecule has 3 rings (SSSR count). The fourth-order valence-electron chi connectivity index (χ4n) is 2.23. The minimum absolute atomic E-state index is 0.287.